The van der Waals surface area contributed by atoms with Gasteiger partial charge in [0.05, 0.1) is 12.7 Å². The van der Waals surface area contributed by atoms with E-state index in [1.807, 2.05) is 0 Å². The molecule has 2 aliphatic rings. The van der Waals surface area contributed by atoms with Gasteiger partial charge in [-0.05, 0) is 32.1 Å². The Balaban J connectivity index is 0.000000771. The number of piperidine rings is 1. The number of rotatable bonds is 3. The molecular weight excluding hydrogens is 228 g/mol. The second-order valence-corrected chi connectivity index (χ2v) is 4.94. The van der Waals surface area contributed by atoms with E-state index in [0.717, 1.165) is 38.8 Å². The minimum Gasteiger partial charge on any atom is -0.449 e. The minimum atomic E-state index is -0.191. The molecule has 0 N–H and O–H groups in total. The minimum absolute atomic E-state index is 0.000195. The summed E-state index contributed by atoms with van der Waals surface area (Å²) in [5.41, 5.74) is 0.000195. The Labute approximate surface area is 109 Å². The number of hydrogen-bond acceptors (Lipinski definition) is 3. The van der Waals surface area contributed by atoms with Crippen LogP contribution < -0.4 is 0 Å². The topological polar surface area (TPSA) is 53.3 Å². The van der Waals surface area contributed by atoms with Crippen LogP contribution in [-0.4, -0.2) is 30.7 Å². The number of carbonyl (C=O) groups excluding carboxylic acids is 1. The molecule has 2 rings (SSSR count). The first-order chi connectivity index (χ1) is 8.76. The molecular formula is C14H22N2O2. The van der Waals surface area contributed by atoms with Crippen molar-refractivity contribution in [2.45, 2.75) is 38.5 Å². The number of ether oxygens (including phenoxy) is 1. The van der Waals surface area contributed by atoms with E-state index < -0.39 is 0 Å². The third kappa shape index (κ3) is 4.06. The van der Waals surface area contributed by atoms with Crippen LogP contribution in [0, 0.1) is 16.7 Å². The van der Waals surface area contributed by atoms with Gasteiger partial charge in [0.25, 0.3) is 0 Å². The molecule has 1 heterocycles. The van der Waals surface area contributed by atoms with Crippen LogP contribution in [0.1, 0.15) is 38.5 Å². The molecule has 0 aromatic heterocycles. The van der Waals surface area contributed by atoms with Gasteiger partial charge in [-0.1, -0.05) is 0 Å². The summed E-state index contributed by atoms with van der Waals surface area (Å²) < 4.78 is 5.30. The van der Waals surface area contributed by atoms with Gasteiger partial charge in [-0.2, -0.15) is 5.26 Å². The molecule has 100 valence electrons. The zero-order valence-corrected chi connectivity index (χ0v) is 11.0. The molecule has 0 bridgehead atoms. The van der Waals surface area contributed by atoms with Gasteiger partial charge in [-0.25, -0.2) is 4.79 Å². The molecule has 4 heteroatoms. The molecule has 1 aliphatic heterocycles. The Morgan fingerprint density at radius 3 is 2.39 bits per heavy atom. The van der Waals surface area contributed by atoms with E-state index in [2.05, 4.69) is 19.2 Å². The summed E-state index contributed by atoms with van der Waals surface area (Å²) in [5.74, 6) is 0. The average Bonchev–Trinajstić information content (AvgIpc) is 3.20. The molecule has 1 saturated heterocycles. The number of nitriles is 1. The summed E-state index contributed by atoms with van der Waals surface area (Å²) in [5, 5.41) is 8.65. The fourth-order valence-electron chi connectivity index (χ4n) is 2.10. The van der Waals surface area contributed by atoms with Gasteiger partial charge in [0.1, 0.15) is 0 Å². The first-order valence-electron chi connectivity index (χ1n) is 6.54. The zero-order chi connectivity index (χ0) is 13.4. The van der Waals surface area contributed by atoms with E-state index in [1.165, 1.54) is 6.42 Å². The Morgan fingerprint density at radius 1 is 1.28 bits per heavy atom. The number of carbonyl (C=O) groups is 1. The van der Waals surface area contributed by atoms with Gasteiger partial charge in [0.15, 0.2) is 0 Å². The molecule has 0 aromatic rings. The van der Waals surface area contributed by atoms with E-state index >= 15 is 0 Å². The third-order valence-electron chi connectivity index (χ3n) is 3.53. The highest BCUT2D eigenvalue weighted by atomic mass is 16.6. The number of likely N-dealkylation sites (tertiary alicyclic amines) is 1. The maximum atomic E-state index is 11.7. The Bertz CT molecular complexity index is 312. The van der Waals surface area contributed by atoms with Crippen LogP contribution in [0.3, 0.4) is 0 Å². The maximum absolute atomic E-state index is 11.7. The van der Waals surface area contributed by atoms with E-state index in [1.54, 1.807) is 4.90 Å². The van der Waals surface area contributed by atoms with E-state index in [4.69, 9.17) is 10.00 Å². The average molecular weight is 250 g/mol. The van der Waals surface area contributed by atoms with Crippen LogP contribution in [0.25, 0.3) is 0 Å². The fraction of sp³-hybridized carbons (Fsp3) is 0.714. The predicted octanol–water partition coefficient (Wildman–Crippen LogP) is 3.10. The summed E-state index contributed by atoms with van der Waals surface area (Å²) in [6, 6.07) is 2.17. The molecule has 0 spiro atoms. The third-order valence-corrected chi connectivity index (χ3v) is 3.53. The lowest BCUT2D eigenvalue weighted by Gasteiger charge is -2.26. The van der Waals surface area contributed by atoms with Gasteiger partial charge in [0.2, 0.25) is 0 Å². The first-order valence-corrected chi connectivity index (χ1v) is 6.54. The van der Waals surface area contributed by atoms with Crippen LogP contribution in [-0.2, 0) is 4.74 Å². The predicted molar refractivity (Wildman–Crippen MR) is 69.9 cm³/mol. The van der Waals surface area contributed by atoms with Crippen molar-refractivity contribution in [1.82, 2.24) is 4.90 Å². The van der Waals surface area contributed by atoms with Crippen molar-refractivity contribution in [3.63, 3.8) is 0 Å². The molecule has 0 atom stereocenters. The van der Waals surface area contributed by atoms with Crippen LogP contribution in [0.5, 0.6) is 0 Å². The van der Waals surface area contributed by atoms with Crippen molar-refractivity contribution in [3.05, 3.63) is 13.2 Å². The Kier molecular flexibility index (Phi) is 5.70. The summed E-state index contributed by atoms with van der Waals surface area (Å²) in [4.78, 5) is 13.5. The molecule has 2 fully saturated rings. The van der Waals surface area contributed by atoms with Gasteiger partial charge in [0, 0.05) is 24.9 Å². The summed E-state index contributed by atoms with van der Waals surface area (Å²) >= 11 is 0. The van der Waals surface area contributed by atoms with Crippen molar-refractivity contribution >= 4 is 6.09 Å². The lowest BCUT2D eigenvalue weighted by Crippen LogP contribution is -2.36. The second kappa shape index (κ2) is 7.05. The molecule has 18 heavy (non-hydrogen) atoms. The highest BCUT2D eigenvalue weighted by Gasteiger charge is 2.44. The molecule has 1 aliphatic carbocycles. The second-order valence-electron chi connectivity index (χ2n) is 4.94. The molecule has 1 amide bonds. The van der Waals surface area contributed by atoms with E-state index in [9.17, 15) is 4.79 Å². The number of hydrogen-bond donors (Lipinski definition) is 0. The van der Waals surface area contributed by atoms with Gasteiger partial charge in [-0.15, -0.1) is 13.2 Å². The van der Waals surface area contributed by atoms with Crippen molar-refractivity contribution in [1.29, 1.82) is 5.26 Å². The number of nitrogens with zero attached hydrogens (tertiary/aromatic N) is 2. The molecule has 1 saturated carbocycles. The first kappa shape index (κ1) is 14.6. The highest BCUT2D eigenvalue weighted by Crippen LogP contribution is 2.48. The lowest BCUT2D eigenvalue weighted by molar-refractivity contribution is 0.0776. The molecule has 0 aromatic carbocycles. The van der Waals surface area contributed by atoms with Crippen LogP contribution in [0.2, 0.25) is 0 Å². The lowest BCUT2D eigenvalue weighted by atomic mass is 10.1. The normalized spacial score (nSPS) is 20.1. The summed E-state index contributed by atoms with van der Waals surface area (Å²) in [6.07, 6.45) is 5.74. The summed E-state index contributed by atoms with van der Waals surface area (Å²) in [6.45, 7) is 8.07. The molecule has 4 nitrogen and oxygen atoms in total. The maximum Gasteiger partial charge on any atom is 0.409 e. The highest BCUT2D eigenvalue weighted by molar-refractivity contribution is 5.67. The number of amides is 1. The van der Waals surface area contributed by atoms with Crippen LogP contribution in [0.15, 0.2) is 13.2 Å². The standard InChI is InChI=1S/C12H18N2O2.C2H4/c13-7-6-12(4-5-12)10-16-11(15)14-8-2-1-3-9-14;1-2/h1-6,8-10H2;1-2H2. The van der Waals surface area contributed by atoms with E-state index in [-0.39, 0.29) is 11.5 Å². The van der Waals surface area contributed by atoms with E-state index in [0.29, 0.717) is 13.0 Å². The van der Waals surface area contributed by atoms with Crippen molar-refractivity contribution in [2.24, 2.45) is 5.41 Å². The Hall–Kier alpha value is -1.50. The zero-order valence-electron chi connectivity index (χ0n) is 11.0. The Morgan fingerprint density at radius 2 is 1.89 bits per heavy atom. The molecule has 0 unspecified atom stereocenters. The van der Waals surface area contributed by atoms with Crippen molar-refractivity contribution in [3.8, 4) is 6.07 Å². The quantitative estimate of drug-likeness (QED) is 0.723. The smallest absolute Gasteiger partial charge is 0.409 e. The van der Waals surface area contributed by atoms with Gasteiger partial charge >= 0.3 is 6.09 Å². The largest absolute Gasteiger partial charge is 0.449 e. The van der Waals surface area contributed by atoms with Gasteiger partial charge < -0.3 is 9.64 Å². The van der Waals surface area contributed by atoms with Crippen LogP contribution in [0.4, 0.5) is 4.79 Å². The van der Waals surface area contributed by atoms with Crippen molar-refractivity contribution in [2.75, 3.05) is 19.7 Å². The summed E-state index contributed by atoms with van der Waals surface area (Å²) in [7, 11) is 0. The van der Waals surface area contributed by atoms with Crippen LogP contribution >= 0.6 is 0 Å². The van der Waals surface area contributed by atoms with Crippen molar-refractivity contribution < 1.29 is 9.53 Å². The molecule has 0 radical (unpaired) electrons. The monoisotopic (exact) mass is 250 g/mol. The van der Waals surface area contributed by atoms with Gasteiger partial charge in [-0.3, -0.25) is 0 Å². The fourth-order valence-corrected chi connectivity index (χ4v) is 2.10. The SMILES string of the molecule is C=C.N#CCC1(COC(=O)N2CCCCC2)CC1.